The van der Waals surface area contributed by atoms with Crippen LogP contribution in [0.2, 0.25) is 0 Å². The fourth-order valence-electron chi connectivity index (χ4n) is 3.42. The first-order valence-corrected chi connectivity index (χ1v) is 9.15. The predicted molar refractivity (Wildman–Crippen MR) is 104 cm³/mol. The molecule has 3 aromatic rings. The molecule has 7 nitrogen and oxygen atoms in total. The molecule has 7 heteroatoms. The highest BCUT2D eigenvalue weighted by atomic mass is 16.2. The Morgan fingerprint density at radius 1 is 1.04 bits per heavy atom. The summed E-state index contributed by atoms with van der Waals surface area (Å²) >= 11 is 0. The molecule has 0 bridgehead atoms. The minimum atomic E-state index is -0.444. The van der Waals surface area contributed by atoms with Gasteiger partial charge in [-0.05, 0) is 30.2 Å². The van der Waals surface area contributed by atoms with Gasteiger partial charge in [-0.1, -0.05) is 38.1 Å². The van der Waals surface area contributed by atoms with E-state index in [1.165, 1.54) is 0 Å². The fourth-order valence-corrected chi connectivity index (χ4v) is 3.42. The number of imidazole rings is 1. The molecule has 2 heterocycles. The van der Waals surface area contributed by atoms with Crippen LogP contribution in [0, 0.1) is 5.92 Å². The van der Waals surface area contributed by atoms with E-state index in [0.29, 0.717) is 17.0 Å². The summed E-state index contributed by atoms with van der Waals surface area (Å²) in [4.78, 5) is 46.3. The van der Waals surface area contributed by atoms with Crippen LogP contribution in [0.15, 0.2) is 48.5 Å². The third-order valence-electron chi connectivity index (χ3n) is 4.87. The van der Waals surface area contributed by atoms with Gasteiger partial charge in [0.15, 0.2) is 0 Å². The second kappa shape index (κ2) is 6.92. The zero-order valence-electron chi connectivity index (χ0n) is 15.6. The maximum atomic E-state index is 12.6. The Morgan fingerprint density at radius 3 is 2.25 bits per heavy atom. The van der Waals surface area contributed by atoms with Crippen molar-refractivity contribution >= 4 is 28.8 Å². The SMILES string of the molecule is CC(C)C(NC(=O)CN1C(=O)c2ccccc2C1=O)c1nc2ccccc2[nH]1. The molecular formula is C21H20N4O3. The van der Waals surface area contributed by atoms with Gasteiger partial charge in [0.25, 0.3) is 11.8 Å². The zero-order chi connectivity index (χ0) is 19.8. The summed E-state index contributed by atoms with van der Waals surface area (Å²) < 4.78 is 0. The highest BCUT2D eigenvalue weighted by Gasteiger charge is 2.36. The van der Waals surface area contributed by atoms with Crippen molar-refractivity contribution in [2.24, 2.45) is 5.92 Å². The number of carbonyl (C=O) groups excluding carboxylic acids is 3. The van der Waals surface area contributed by atoms with Crippen molar-refractivity contribution < 1.29 is 14.4 Å². The summed E-state index contributed by atoms with van der Waals surface area (Å²) in [6, 6.07) is 13.9. The Balaban J connectivity index is 1.52. The van der Waals surface area contributed by atoms with Gasteiger partial charge in [0.1, 0.15) is 12.4 Å². The maximum Gasteiger partial charge on any atom is 0.262 e. The lowest BCUT2D eigenvalue weighted by atomic mass is 10.0. The number of aromatic nitrogens is 2. The molecule has 0 radical (unpaired) electrons. The number of amides is 3. The summed E-state index contributed by atoms with van der Waals surface area (Å²) in [6.45, 7) is 3.62. The molecule has 3 amide bonds. The van der Waals surface area contributed by atoms with E-state index in [4.69, 9.17) is 0 Å². The number of imide groups is 1. The minimum Gasteiger partial charge on any atom is -0.344 e. The average Bonchev–Trinajstić information content (AvgIpc) is 3.21. The van der Waals surface area contributed by atoms with Gasteiger partial charge in [-0.25, -0.2) is 4.98 Å². The van der Waals surface area contributed by atoms with Crippen molar-refractivity contribution in [2.45, 2.75) is 19.9 Å². The normalized spacial score (nSPS) is 14.6. The van der Waals surface area contributed by atoms with Crippen LogP contribution in [-0.2, 0) is 4.79 Å². The van der Waals surface area contributed by atoms with E-state index in [2.05, 4.69) is 15.3 Å². The van der Waals surface area contributed by atoms with E-state index < -0.39 is 17.7 Å². The largest absolute Gasteiger partial charge is 0.344 e. The van der Waals surface area contributed by atoms with Gasteiger partial charge >= 0.3 is 0 Å². The second-order valence-corrected chi connectivity index (χ2v) is 7.17. The van der Waals surface area contributed by atoms with Crippen molar-refractivity contribution in [1.82, 2.24) is 20.2 Å². The molecule has 1 aromatic heterocycles. The van der Waals surface area contributed by atoms with Crippen LogP contribution < -0.4 is 5.32 Å². The summed E-state index contributed by atoms with van der Waals surface area (Å²) in [5, 5.41) is 2.91. The molecule has 2 N–H and O–H groups in total. The van der Waals surface area contributed by atoms with E-state index in [0.717, 1.165) is 15.9 Å². The molecule has 142 valence electrons. The number of hydrogen-bond donors (Lipinski definition) is 2. The molecule has 0 saturated carbocycles. The molecule has 0 fully saturated rings. The molecule has 28 heavy (non-hydrogen) atoms. The molecule has 1 aliphatic rings. The van der Waals surface area contributed by atoms with E-state index in [1.54, 1.807) is 24.3 Å². The monoisotopic (exact) mass is 376 g/mol. The van der Waals surface area contributed by atoms with Crippen molar-refractivity contribution in [3.63, 3.8) is 0 Å². The van der Waals surface area contributed by atoms with Crippen LogP contribution in [0.1, 0.15) is 46.4 Å². The number of fused-ring (bicyclic) bond motifs is 2. The van der Waals surface area contributed by atoms with Crippen molar-refractivity contribution in [3.05, 3.63) is 65.5 Å². The van der Waals surface area contributed by atoms with Gasteiger partial charge in [-0.15, -0.1) is 0 Å². The third kappa shape index (κ3) is 3.05. The quantitative estimate of drug-likeness (QED) is 0.669. The molecule has 0 saturated heterocycles. The van der Waals surface area contributed by atoms with Crippen LogP contribution in [0.4, 0.5) is 0 Å². The molecule has 4 rings (SSSR count). The van der Waals surface area contributed by atoms with Gasteiger partial charge in [0, 0.05) is 0 Å². The lowest BCUT2D eigenvalue weighted by Gasteiger charge is -2.22. The first-order valence-electron chi connectivity index (χ1n) is 9.15. The number of benzene rings is 2. The number of nitrogens with zero attached hydrogens (tertiary/aromatic N) is 2. The highest BCUT2D eigenvalue weighted by Crippen LogP contribution is 2.24. The van der Waals surface area contributed by atoms with E-state index >= 15 is 0 Å². The zero-order valence-corrected chi connectivity index (χ0v) is 15.6. The topological polar surface area (TPSA) is 95.2 Å². The Bertz CT molecular complexity index is 1020. The molecule has 1 atom stereocenters. The molecule has 0 spiro atoms. The second-order valence-electron chi connectivity index (χ2n) is 7.17. The van der Waals surface area contributed by atoms with Crippen LogP contribution in [0.5, 0.6) is 0 Å². The first-order chi connectivity index (χ1) is 13.5. The van der Waals surface area contributed by atoms with Crippen molar-refractivity contribution in [3.8, 4) is 0 Å². The van der Waals surface area contributed by atoms with Gasteiger partial charge in [-0.2, -0.15) is 0 Å². The fraction of sp³-hybridized carbons (Fsp3) is 0.238. The average molecular weight is 376 g/mol. The Morgan fingerprint density at radius 2 is 1.64 bits per heavy atom. The maximum absolute atomic E-state index is 12.6. The minimum absolute atomic E-state index is 0.0618. The summed E-state index contributed by atoms with van der Waals surface area (Å²) in [5.74, 6) is -0.589. The van der Waals surface area contributed by atoms with Crippen LogP contribution in [-0.4, -0.2) is 39.1 Å². The Labute approximate surface area is 161 Å². The summed E-state index contributed by atoms with van der Waals surface area (Å²) in [7, 11) is 0. The predicted octanol–water partition coefficient (Wildman–Crippen LogP) is 2.67. The number of rotatable bonds is 5. The van der Waals surface area contributed by atoms with Gasteiger partial charge < -0.3 is 10.3 Å². The van der Waals surface area contributed by atoms with E-state index in [1.807, 2.05) is 38.1 Å². The van der Waals surface area contributed by atoms with Crippen LogP contribution in [0.25, 0.3) is 11.0 Å². The number of nitrogens with one attached hydrogen (secondary N) is 2. The number of carbonyl (C=O) groups is 3. The van der Waals surface area contributed by atoms with E-state index in [-0.39, 0.29) is 18.5 Å². The summed E-state index contributed by atoms with van der Waals surface area (Å²) in [6.07, 6.45) is 0. The Hall–Kier alpha value is -3.48. The van der Waals surface area contributed by atoms with E-state index in [9.17, 15) is 14.4 Å². The summed E-state index contributed by atoms with van der Waals surface area (Å²) in [5.41, 5.74) is 2.37. The standard InChI is InChI=1S/C21H20N4O3/c1-12(2)18(19-22-15-9-5-6-10-16(15)23-19)24-17(26)11-25-20(27)13-7-3-4-8-14(13)21(25)28/h3-10,12,18H,11H2,1-2H3,(H,22,23)(H,24,26). The van der Waals surface area contributed by atoms with Gasteiger partial charge in [0.2, 0.25) is 5.91 Å². The highest BCUT2D eigenvalue weighted by molar-refractivity contribution is 6.22. The van der Waals surface area contributed by atoms with Gasteiger partial charge in [0.05, 0.1) is 28.2 Å². The molecule has 2 aromatic carbocycles. The van der Waals surface area contributed by atoms with Crippen molar-refractivity contribution in [1.29, 1.82) is 0 Å². The first kappa shape index (κ1) is 17.9. The third-order valence-corrected chi connectivity index (χ3v) is 4.87. The number of para-hydroxylation sites is 2. The Kier molecular flexibility index (Phi) is 4.43. The molecular weight excluding hydrogens is 356 g/mol. The van der Waals surface area contributed by atoms with Crippen LogP contribution in [0.3, 0.4) is 0 Å². The number of H-pyrrole nitrogens is 1. The molecule has 0 aliphatic carbocycles. The van der Waals surface area contributed by atoms with Crippen LogP contribution >= 0.6 is 0 Å². The molecule has 1 unspecified atom stereocenters. The molecule has 1 aliphatic heterocycles. The smallest absolute Gasteiger partial charge is 0.262 e. The van der Waals surface area contributed by atoms with Crippen molar-refractivity contribution in [2.75, 3.05) is 6.54 Å². The lowest BCUT2D eigenvalue weighted by molar-refractivity contribution is -0.122. The number of aromatic amines is 1. The number of hydrogen-bond acceptors (Lipinski definition) is 4. The van der Waals surface area contributed by atoms with Gasteiger partial charge in [-0.3, -0.25) is 19.3 Å². The lowest BCUT2D eigenvalue weighted by Crippen LogP contribution is -2.42.